The van der Waals surface area contributed by atoms with E-state index in [0.717, 1.165) is 12.1 Å². The van der Waals surface area contributed by atoms with Gasteiger partial charge in [0.2, 0.25) is 5.69 Å². The molecule has 0 amide bonds. The van der Waals surface area contributed by atoms with Crippen molar-refractivity contribution in [3.05, 3.63) is 125 Å². The number of carboxylic acid groups (broad SMARTS) is 1. The van der Waals surface area contributed by atoms with Gasteiger partial charge in [-0.15, -0.1) is 0 Å². The van der Waals surface area contributed by atoms with Crippen LogP contribution in [0.2, 0.25) is 0 Å². The molecule has 0 spiro atoms. The molecule has 2 aliphatic heterocycles. The molecular formula is C50H51N2Na3O20S6. The summed E-state index contributed by atoms with van der Waals surface area (Å²) in [6.07, 6.45) is 6.47. The minimum absolute atomic E-state index is 0. The number of rotatable bonds is 21. The molecule has 31 heteroatoms. The summed E-state index contributed by atoms with van der Waals surface area (Å²) in [5.41, 5.74) is 1.11. The number of aliphatic carboxylic acids is 1. The first-order chi connectivity index (χ1) is 35.8. The Morgan fingerprint density at radius 1 is 0.630 bits per heavy atom. The predicted molar refractivity (Wildman–Crippen MR) is 282 cm³/mol. The van der Waals surface area contributed by atoms with Gasteiger partial charge in [-0.1, -0.05) is 50.3 Å². The van der Waals surface area contributed by atoms with Crippen molar-refractivity contribution in [2.24, 2.45) is 0 Å². The monoisotopic (exact) mass is 1260 g/mol. The van der Waals surface area contributed by atoms with Crippen molar-refractivity contribution < 1.29 is 181 Å². The fourth-order valence-electron chi connectivity index (χ4n) is 10.3. The summed E-state index contributed by atoms with van der Waals surface area (Å²) in [6, 6.07) is 15.5. The largest absolute Gasteiger partial charge is 1.00 e. The normalized spacial score (nSPS) is 16.1. The fourth-order valence-corrected chi connectivity index (χ4v) is 14.1. The number of allylic oxidation sites excluding steroid dienone is 6. The van der Waals surface area contributed by atoms with Crippen LogP contribution in [0.5, 0.6) is 0 Å². The van der Waals surface area contributed by atoms with Gasteiger partial charge in [-0.3, -0.25) is 13.9 Å². The van der Waals surface area contributed by atoms with Gasteiger partial charge in [0, 0.05) is 70.8 Å². The molecule has 0 saturated carbocycles. The molecule has 0 aliphatic carbocycles. The summed E-state index contributed by atoms with van der Waals surface area (Å²) < 4.78 is 218. The summed E-state index contributed by atoms with van der Waals surface area (Å²) in [4.78, 5) is 9.73. The Morgan fingerprint density at radius 2 is 1.20 bits per heavy atom. The van der Waals surface area contributed by atoms with Gasteiger partial charge in [0.15, 0.2) is 5.71 Å². The number of anilines is 1. The number of nitrogens with zero attached hydrogens (tertiary/aromatic N) is 2. The number of benzene rings is 5. The second-order valence-electron chi connectivity index (χ2n) is 19.8. The molecule has 0 aromatic heterocycles. The molecule has 420 valence electrons. The zero-order chi connectivity index (χ0) is 57.9. The summed E-state index contributed by atoms with van der Waals surface area (Å²) in [5, 5.41) is 9.13. The maximum absolute atomic E-state index is 12.8. The smallest absolute Gasteiger partial charge is 0.748 e. The van der Waals surface area contributed by atoms with Crippen molar-refractivity contribution in [3.63, 3.8) is 0 Å². The Kier molecular flexibility index (Phi) is 22.8. The van der Waals surface area contributed by atoms with Gasteiger partial charge in [-0.05, 0) is 127 Å². The molecule has 7 rings (SSSR count). The Labute approximate surface area is 536 Å². The molecule has 81 heavy (non-hydrogen) atoms. The van der Waals surface area contributed by atoms with Gasteiger partial charge >= 0.3 is 94.6 Å². The molecule has 0 radical (unpaired) electrons. The van der Waals surface area contributed by atoms with Crippen LogP contribution < -0.4 is 93.6 Å². The Bertz CT molecular complexity index is 4200. The molecule has 2 aliphatic rings. The van der Waals surface area contributed by atoms with Gasteiger partial charge in [-0.25, -0.2) is 33.7 Å². The van der Waals surface area contributed by atoms with Crippen LogP contribution in [0.3, 0.4) is 0 Å². The summed E-state index contributed by atoms with van der Waals surface area (Å²) in [5.74, 6) is -2.50. The van der Waals surface area contributed by atoms with Gasteiger partial charge < -0.3 is 28.2 Å². The SMILES string of the molecule is CC1(C)C(/C=C/C(=C/C=C2/N(CCCCS(=O)(=O)[O-])c3ccc4c(S(=O)(=O)[O-])cc(S(=O)(=O)[O-])cc4c3C2(C)C)c2cccc(CCC(=O)O)c2)=[N+](CCCCS(=O)(=O)[O-])c2ccc3c(S(=O)(=O)O)cc(S(=O)(=O)O)cc3c21.[Na+].[Na+].[Na+]. The molecule has 22 nitrogen and oxygen atoms in total. The van der Waals surface area contributed by atoms with Crippen molar-refractivity contribution in [3.8, 4) is 0 Å². The summed E-state index contributed by atoms with van der Waals surface area (Å²) >= 11 is 0. The average Bonchev–Trinajstić information content (AvgIpc) is 3.66. The minimum Gasteiger partial charge on any atom is -0.748 e. The van der Waals surface area contributed by atoms with E-state index in [-0.39, 0.29) is 167 Å². The molecule has 0 unspecified atom stereocenters. The zero-order valence-electron chi connectivity index (χ0n) is 44.9. The van der Waals surface area contributed by atoms with Crippen molar-refractivity contribution in [2.45, 2.75) is 96.6 Å². The molecule has 0 saturated heterocycles. The second kappa shape index (κ2) is 26.1. The van der Waals surface area contributed by atoms with E-state index in [1.165, 1.54) is 24.3 Å². The average molecular weight is 1260 g/mol. The number of aryl methyl sites for hydroxylation is 1. The van der Waals surface area contributed by atoms with E-state index in [1.54, 1.807) is 85.7 Å². The molecule has 0 fully saturated rings. The van der Waals surface area contributed by atoms with Crippen LogP contribution in [0, 0.1) is 0 Å². The van der Waals surface area contributed by atoms with Gasteiger partial charge in [-0.2, -0.15) is 21.4 Å². The first-order valence-corrected chi connectivity index (χ1v) is 32.5. The van der Waals surface area contributed by atoms with Crippen LogP contribution in [-0.4, -0.2) is 124 Å². The number of hydrogen-bond donors (Lipinski definition) is 3. The van der Waals surface area contributed by atoms with E-state index in [2.05, 4.69) is 0 Å². The number of fused-ring (bicyclic) bond motifs is 6. The molecule has 0 atom stereocenters. The van der Waals surface area contributed by atoms with E-state index < -0.39 is 109 Å². The maximum atomic E-state index is 12.8. The molecule has 2 heterocycles. The number of hydrogen-bond acceptors (Lipinski definition) is 18. The van der Waals surface area contributed by atoms with Crippen LogP contribution in [0.15, 0.2) is 122 Å². The van der Waals surface area contributed by atoms with Gasteiger partial charge in [0.1, 0.15) is 31.7 Å². The van der Waals surface area contributed by atoms with Crippen molar-refractivity contribution in [2.75, 3.05) is 29.5 Å². The van der Waals surface area contributed by atoms with Crippen molar-refractivity contribution in [1.29, 1.82) is 0 Å². The van der Waals surface area contributed by atoms with E-state index in [9.17, 15) is 87.7 Å². The minimum atomic E-state index is -5.40. The maximum Gasteiger partial charge on any atom is 1.00 e. The van der Waals surface area contributed by atoms with Crippen LogP contribution in [0.25, 0.3) is 27.1 Å². The third-order valence-corrected chi connectivity index (χ3v) is 18.7. The number of carboxylic acids is 1. The first-order valence-electron chi connectivity index (χ1n) is 23.6. The number of unbranched alkanes of at least 4 members (excludes halogenated alkanes) is 2. The number of carbonyl (C=O) groups is 1. The van der Waals surface area contributed by atoms with Gasteiger partial charge in [0.05, 0.1) is 40.3 Å². The quantitative estimate of drug-likeness (QED) is 0.0213. The fraction of sp³-hybridized carbons (Fsp3) is 0.320. The third-order valence-electron chi connectivity index (χ3n) is 13.7. The van der Waals surface area contributed by atoms with Crippen LogP contribution in [-0.2, 0) is 82.8 Å². The first kappa shape index (κ1) is 70.7. The Balaban J connectivity index is 0.00000470. The van der Waals surface area contributed by atoms with Crippen LogP contribution in [0.4, 0.5) is 11.4 Å². The molecule has 0 bridgehead atoms. The molecule has 5 aromatic carbocycles. The molecule has 5 aromatic rings. The van der Waals surface area contributed by atoms with Crippen LogP contribution in [0.1, 0.15) is 82.1 Å². The predicted octanol–water partition coefficient (Wildman–Crippen LogP) is -3.33. The Hall–Kier alpha value is -2.76. The van der Waals surface area contributed by atoms with Gasteiger partial charge in [0.25, 0.3) is 20.2 Å². The Morgan fingerprint density at radius 3 is 1.77 bits per heavy atom. The van der Waals surface area contributed by atoms with Crippen LogP contribution >= 0.6 is 0 Å². The topological polar surface area (TPSA) is 381 Å². The standard InChI is InChI=1S/C50H54N2O20S6.3Na/c1-49(2)44(51(22-5-7-24-73(55,56)57)40-17-15-36-38(47(40)49)27-34(75(61,62)63)29-42(36)77(67,68)69)19-13-32(33-11-9-10-31(26-33)12-21-46(53)54)14-20-45-50(3,4)48-39-28-35(76(64,65)66)30-43(78(70,71)72)37(39)16-18-41(48)52(45)23-6-8-25-74(58,59)60;;;/h9-11,13-20,26-30H,5-8,12,21-25H2,1-4H3,(H6-,53,54,55,56,57,58,59,60,61,62,63,64,65,66,67,68,69,70,71,72);;;/q;3*+1/p-3. The summed E-state index contributed by atoms with van der Waals surface area (Å²) in [7, 11) is -30.3. The van der Waals surface area contributed by atoms with Crippen molar-refractivity contribution >= 4 is 111 Å². The van der Waals surface area contributed by atoms with Crippen molar-refractivity contribution in [1.82, 2.24) is 0 Å². The summed E-state index contributed by atoms with van der Waals surface area (Å²) in [6.45, 7) is 6.84. The second-order valence-corrected chi connectivity index (χ2v) is 28.4. The van der Waals surface area contributed by atoms with E-state index >= 15 is 0 Å². The van der Waals surface area contributed by atoms with E-state index in [1.807, 2.05) is 0 Å². The third kappa shape index (κ3) is 16.2. The van der Waals surface area contributed by atoms with E-state index in [0.29, 0.717) is 57.2 Å². The zero-order valence-corrected chi connectivity index (χ0v) is 55.8. The van der Waals surface area contributed by atoms with E-state index in [4.69, 9.17) is 0 Å². The molecular weight excluding hydrogens is 1210 g/mol. The molecule has 3 N–H and O–H groups in total.